The van der Waals surface area contributed by atoms with E-state index >= 15 is 0 Å². The first kappa shape index (κ1) is 19.5. The quantitative estimate of drug-likeness (QED) is 0.738. The molecule has 0 radical (unpaired) electrons. The third-order valence-electron chi connectivity index (χ3n) is 5.74. The Hall–Kier alpha value is -2.80. The molecule has 0 aromatic heterocycles. The molecule has 1 N–H and O–H groups in total. The fraction of sp³-hybridized carbons (Fsp3) is 0.318. The maximum Gasteiger partial charge on any atom is 0.250 e. The summed E-state index contributed by atoms with van der Waals surface area (Å²) in [5.74, 6) is -0.00208. The zero-order valence-corrected chi connectivity index (χ0v) is 17.3. The molecule has 2 aromatic rings. The second-order valence-corrected chi connectivity index (χ2v) is 9.76. The summed E-state index contributed by atoms with van der Waals surface area (Å²) in [6.07, 6.45) is 2.01. The fourth-order valence-electron chi connectivity index (χ4n) is 4.16. The number of nitrogens with one attached hydrogen (secondary N) is 1. The lowest BCUT2D eigenvalue weighted by atomic mass is 10.1. The number of rotatable bonds is 6. The Bertz CT molecular complexity index is 1060. The summed E-state index contributed by atoms with van der Waals surface area (Å²) in [5, 5.41) is 2.79. The number of aryl methyl sites for hydroxylation is 2. The minimum absolute atomic E-state index is 0.193. The topological polar surface area (TPSA) is 75.7 Å². The number of nitrogens with zero attached hydrogens (tertiary/aromatic N) is 1. The van der Waals surface area contributed by atoms with E-state index in [0.717, 1.165) is 11.1 Å². The lowest BCUT2D eigenvalue weighted by Crippen LogP contribution is -2.42. The maximum absolute atomic E-state index is 13.4. The molecule has 1 amide bonds. The normalized spacial score (nSPS) is 23.9. The Kier molecular flexibility index (Phi) is 4.65. The van der Waals surface area contributed by atoms with Gasteiger partial charge in [0.05, 0.1) is 5.69 Å². The maximum atomic E-state index is 13.4. The summed E-state index contributed by atoms with van der Waals surface area (Å²) in [7, 11) is -3.81. The number of para-hydroxylation sites is 1. The number of carbonyl (C=O) groups excluding carboxylic acids is 1. The van der Waals surface area contributed by atoms with Gasteiger partial charge >= 0.3 is 0 Å². The van der Waals surface area contributed by atoms with Crippen LogP contribution < -0.4 is 14.4 Å². The molecule has 1 aliphatic heterocycles. The molecule has 2 atom stereocenters. The predicted molar refractivity (Wildman–Crippen MR) is 114 cm³/mol. The van der Waals surface area contributed by atoms with Gasteiger partial charge < -0.3 is 10.1 Å². The zero-order chi connectivity index (χ0) is 20.8. The Morgan fingerprint density at radius 1 is 1.24 bits per heavy atom. The summed E-state index contributed by atoms with van der Waals surface area (Å²) in [6, 6.07) is 12.6. The average Bonchev–Trinajstić information content (AvgIpc) is 3.37. The molecule has 1 heterocycles. The predicted octanol–water partition coefficient (Wildman–Crippen LogP) is 3.42. The molecular weight excluding hydrogens is 388 g/mol. The van der Waals surface area contributed by atoms with Gasteiger partial charge in [0.2, 0.25) is 15.9 Å². The van der Waals surface area contributed by atoms with Crippen molar-refractivity contribution < 1.29 is 17.9 Å². The number of hydrogen-bond donors (Lipinski definition) is 1. The first-order chi connectivity index (χ1) is 13.8. The first-order valence-electron chi connectivity index (χ1n) is 9.55. The number of sulfonamides is 1. The molecule has 152 valence electrons. The molecule has 1 aliphatic carbocycles. The standard InChI is InChI=1S/C22H24N2O4S/c1-4-12-28-19-10-8-18(9-11-19)23-21(25)22-13-17(22)14-24(29(22,26)27)20-15(2)6-5-7-16(20)3/h4-11,17H,1,12-14H2,2-3H3,(H,23,25)/t17-,22+/m0/s1. The highest BCUT2D eigenvalue weighted by molar-refractivity contribution is 7.95. The Balaban J connectivity index is 1.56. The van der Waals surface area contributed by atoms with Crippen molar-refractivity contribution in [2.45, 2.75) is 25.0 Å². The number of carbonyl (C=O) groups is 1. The molecule has 1 saturated carbocycles. The molecule has 2 aromatic carbocycles. The van der Waals surface area contributed by atoms with Crippen molar-refractivity contribution in [2.75, 3.05) is 22.8 Å². The molecule has 1 saturated heterocycles. The molecule has 6 nitrogen and oxygen atoms in total. The van der Waals surface area contributed by atoms with Gasteiger partial charge in [0.15, 0.2) is 4.75 Å². The molecule has 2 fully saturated rings. The van der Waals surface area contributed by atoms with Crippen LogP contribution in [0.3, 0.4) is 0 Å². The van der Waals surface area contributed by atoms with Crippen LogP contribution in [0, 0.1) is 19.8 Å². The lowest BCUT2D eigenvalue weighted by Gasteiger charge is -2.26. The van der Waals surface area contributed by atoms with E-state index in [-0.39, 0.29) is 5.92 Å². The summed E-state index contributed by atoms with van der Waals surface area (Å²) >= 11 is 0. The zero-order valence-electron chi connectivity index (χ0n) is 16.5. The van der Waals surface area contributed by atoms with E-state index in [4.69, 9.17) is 4.74 Å². The van der Waals surface area contributed by atoms with Gasteiger partial charge in [-0.2, -0.15) is 0 Å². The number of ether oxygens (including phenoxy) is 1. The van der Waals surface area contributed by atoms with Gasteiger partial charge in [-0.25, -0.2) is 8.42 Å². The van der Waals surface area contributed by atoms with E-state index in [1.807, 2.05) is 32.0 Å². The Morgan fingerprint density at radius 2 is 1.90 bits per heavy atom. The van der Waals surface area contributed by atoms with Crippen LogP contribution in [0.4, 0.5) is 11.4 Å². The number of hydrogen-bond acceptors (Lipinski definition) is 4. The van der Waals surface area contributed by atoms with Crippen LogP contribution in [0.15, 0.2) is 55.1 Å². The third-order valence-corrected chi connectivity index (χ3v) is 8.26. The van der Waals surface area contributed by atoms with Crippen LogP contribution >= 0.6 is 0 Å². The summed E-state index contributed by atoms with van der Waals surface area (Å²) in [6.45, 7) is 8.12. The van der Waals surface area contributed by atoms with Crippen LogP contribution in [0.1, 0.15) is 17.5 Å². The smallest absolute Gasteiger partial charge is 0.250 e. The van der Waals surface area contributed by atoms with Crippen LogP contribution in [-0.4, -0.2) is 32.2 Å². The largest absolute Gasteiger partial charge is 0.490 e. The molecule has 0 unspecified atom stereocenters. The monoisotopic (exact) mass is 412 g/mol. The van der Waals surface area contributed by atoms with Gasteiger partial charge in [-0.3, -0.25) is 9.10 Å². The summed E-state index contributed by atoms with van der Waals surface area (Å²) in [5.41, 5.74) is 3.01. The van der Waals surface area contributed by atoms with Crippen LogP contribution in [0.5, 0.6) is 5.75 Å². The Morgan fingerprint density at radius 3 is 2.52 bits per heavy atom. The second-order valence-electron chi connectivity index (χ2n) is 7.65. The van der Waals surface area contributed by atoms with Crippen LogP contribution in [0.25, 0.3) is 0 Å². The molecule has 4 rings (SSSR count). The van der Waals surface area contributed by atoms with Gasteiger partial charge in [-0.1, -0.05) is 30.9 Å². The van der Waals surface area contributed by atoms with E-state index in [0.29, 0.717) is 36.7 Å². The first-order valence-corrected chi connectivity index (χ1v) is 11.0. The van der Waals surface area contributed by atoms with E-state index in [2.05, 4.69) is 11.9 Å². The molecule has 29 heavy (non-hydrogen) atoms. The minimum atomic E-state index is -3.81. The fourth-order valence-corrected chi connectivity index (χ4v) is 6.65. The van der Waals surface area contributed by atoms with Crippen molar-refractivity contribution in [2.24, 2.45) is 5.92 Å². The van der Waals surface area contributed by atoms with E-state index in [1.165, 1.54) is 4.31 Å². The number of fused-ring (bicyclic) bond motifs is 1. The molecular formula is C22H24N2O4S. The third kappa shape index (κ3) is 3.00. The van der Waals surface area contributed by atoms with Gasteiger partial charge in [0.1, 0.15) is 12.4 Å². The van der Waals surface area contributed by atoms with Crippen molar-refractivity contribution in [3.8, 4) is 5.75 Å². The molecule has 2 aliphatic rings. The van der Waals surface area contributed by atoms with Crippen LogP contribution in [-0.2, 0) is 14.8 Å². The highest BCUT2D eigenvalue weighted by Crippen LogP contribution is 2.59. The highest BCUT2D eigenvalue weighted by atomic mass is 32.2. The van der Waals surface area contributed by atoms with Crippen molar-refractivity contribution in [1.82, 2.24) is 0 Å². The Labute approximate surface area is 171 Å². The van der Waals surface area contributed by atoms with Gasteiger partial charge in [0, 0.05) is 18.2 Å². The van der Waals surface area contributed by atoms with Crippen LogP contribution in [0.2, 0.25) is 0 Å². The minimum Gasteiger partial charge on any atom is -0.490 e. The van der Waals surface area contributed by atoms with Gasteiger partial charge in [-0.05, 0) is 55.7 Å². The van der Waals surface area contributed by atoms with E-state index in [9.17, 15) is 13.2 Å². The summed E-state index contributed by atoms with van der Waals surface area (Å²) < 4.78 is 32.3. The SMILES string of the molecule is C=CCOc1ccc(NC(=O)[C@@]23C[C@H]2CN(c2c(C)cccc2C)S3(=O)=O)cc1. The highest BCUT2D eigenvalue weighted by Gasteiger charge is 2.75. The van der Waals surface area contributed by atoms with Gasteiger partial charge in [0.25, 0.3) is 0 Å². The average molecular weight is 413 g/mol. The van der Waals surface area contributed by atoms with Crippen molar-refractivity contribution in [1.29, 1.82) is 0 Å². The molecule has 7 heteroatoms. The van der Waals surface area contributed by atoms with Crippen molar-refractivity contribution in [3.63, 3.8) is 0 Å². The van der Waals surface area contributed by atoms with E-state index < -0.39 is 20.7 Å². The summed E-state index contributed by atoms with van der Waals surface area (Å²) in [4.78, 5) is 13.0. The number of amides is 1. The van der Waals surface area contributed by atoms with E-state index in [1.54, 1.807) is 30.3 Å². The second kappa shape index (κ2) is 6.91. The lowest BCUT2D eigenvalue weighted by molar-refractivity contribution is -0.116. The number of benzene rings is 2. The number of anilines is 2. The van der Waals surface area contributed by atoms with Crippen molar-refractivity contribution in [3.05, 3.63) is 66.2 Å². The molecule has 0 bridgehead atoms. The van der Waals surface area contributed by atoms with Crippen molar-refractivity contribution >= 4 is 27.3 Å². The molecule has 0 spiro atoms. The van der Waals surface area contributed by atoms with Gasteiger partial charge in [-0.15, -0.1) is 0 Å².